The number of halogens is 3. The van der Waals surface area contributed by atoms with Gasteiger partial charge in [0, 0.05) is 6.42 Å². The number of carbonyl (C=O) groups is 2. The van der Waals surface area contributed by atoms with Gasteiger partial charge in [-0.3, -0.25) is 9.59 Å². The maximum Gasteiger partial charge on any atom is 0.449 e. The van der Waals surface area contributed by atoms with E-state index in [4.69, 9.17) is 5.11 Å². The Morgan fingerprint density at radius 1 is 1.47 bits per heavy atom. The molecular formula is C9H11F3O3. The molecule has 0 aromatic heterocycles. The molecular weight excluding hydrogens is 213 g/mol. The van der Waals surface area contributed by atoms with Crippen LogP contribution in [0, 0.1) is 11.8 Å². The normalized spacial score (nSPS) is 15.5. The van der Waals surface area contributed by atoms with Gasteiger partial charge in [0.15, 0.2) is 0 Å². The standard InChI is InChI=1S/C9H11F3O3/c1-3-5(2)6(8(14)15)4-7(13)9(10,11)12/h3,5-6H,1,4H2,2H3,(H,14,15)/t5-,6+/m1/s1. The molecule has 0 aliphatic rings. The molecule has 0 aliphatic carbocycles. The van der Waals surface area contributed by atoms with Gasteiger partial charge in [-0.05, 0) is 5.92 Å². The quantitative estimate of drug-likeness (QED) is 0.727. The average Bonchev–Trinajstić information content (AvgIpc) is 2.10. The number of alkyl halides is 3. The highest BCUT2D eigenvalue weighted by Crippen LogP contribution is 2.24. The van der Waals surface area contributed by atoms with Gasteiger partial charge in [0.2, 0.25) is 5.78 Å². The van der Waals surface area contributed by atoms with E-state index in [2.05, 4.69) is 6.58 Å². The van der Waals surface area contributed by atoms with Crippen molar-refractivity contribution in [2.75, 3.05) is 0 Å². The van der Waals surface area contributed by atoms with E-state index in [9.17, 15) is 22.8 Å². The van der Waals surface area contributed by atoms with E-state index < -0.39 is 36.2 Å². The lowest BCUT2D eigenvalue weighted by molar-refractivity contribution is -0.173. The summed E-state index contributed by atoms with van der Waals surface area (Å²) in [6.07, 6.45) is -4.82. The number of aliphatic carboxylic acids is 1. The van der Waals surface area contributed by atoms with Crippen molar-refractivity contribution in [2.45, 2.75) is 19.5 Å². The molecule has 2 atom stereocenters. The van der Waals surface area contributed by atoms with Crippen molar-refractivity contribution in [3.05, 3.63) is 12.7 Å². The minimum absolute atomic E-state index is 0.686. The van der Waals surface area contributed by atoms with Crippen LogP contribution in [0.3, 0.4) is 0 Å². The number of ketones is 1. The van der Waals surface area contributed by atoms with Gasteiger partial charge in [-0.2, -0.15) is 13.2 Å². The van der Waals surface area contributed by atoms with Gasteiger partial charge in [0.1, 0.15) is 0 Å². The van der Waals surface area contributed by atoms with Crippen LogP contribution in [0.1, 0.15) is 13.3 Å². The highest BCUT2D eigenvalue weighted by atomic mass is 19.4. The largest absolute Gasteiger partial charge is 0.481 e. The Morgan fingerprint density at radius 2 is 1.93 bits per heavy atom. The van der Waals surface area contributed by atoms with Gasteiger partial charge in [0.05, 0.1) is 5.92 Å². The topological polar surface area (TPSA) is 54.4 Å². The first-order valence-corrected chi connectivity index (χ1v) is 4.15. The first-order valence-electron chi connectivity index (χ1n) is 4.15. The molecule has 0 fully saturated rings. The van der Waals surface area contributed by atoms with Gasteiger partial charge in [-0.25, -0.2) is 0 Å². The second-order valence-corrected chi connectivity index (χ2v) is 3.16. The van der Waals surface area contributed by atoms with Crippen LogP contribution in [0.5, 0.6) is 0 Å². The van der Waals surface area contributed by atoms with Crippen molar-refractivity contribution in [2.24, 2.45) is 11.8 Å². The number of rotatable bonds is 5. The summed E-state index contributed by atoms with van der Waals surface area (Å²) in [5.41, 5.74) is 0. The van der Waals surface area contributed by atoms with Crippen LogP contribution in [0.25, 0.3) is 0 Å². The minimum Gasteiger partial charge on any atom is -0.481 e. The molecule has 1 N–H and O–H groups in total. The van der Waals surface area contributed by atoms with Crippen LogP contribution in [0.2, 0.25) is 0 Å². The van der Waals surface area contributed by atoms with Crippen molar-refractivity contribution in [1.29, 1.82) is 0 Å². The first-order chi connectivity index (χ1) is 6.70. The van der Waals surface area contributed by atoms with E-state index in [1.165, 1.54) is 13.0 Å². The van der Waals surface area contributed by atoms with E-state index in [-0.39, 0.29) is 0 Å². The summed E-state index contributed by atoms with van der Waals surface area (Å²) in [7, 11) is 0. The second-order valence-electron chi connectivity index (χ2n) is 3.16. The molecule has 0 aromatic carbocycles. The van der Waals surface area contributed by atoms with Gasteiger partial charge in [0.25, 0.3) is 0 Å². The zero-order valence-corrected chi connectivity index (χ0v) is 8.04. The monoisotopic (exact) mass is 224 g/mol. The highest BCUT2D eigenvalue weighted by molar-refractivity contribution is 5.88. The Morgan fingerprint density at radius 3 is 2.20 bits per heavy atom. The zero-order chi connectivity index (χ0) is 12.2. The molecule has 0 amide bonds. The molecule has 15 heavy (non-hydrogen) atoms. The van der Waals surface area contributed by atoms with Crippen LogP contribution >= 0.6 is 0 Å². The number of Topliss-reactive ketones (excluding diaryl/α,β-unsaturated/α-hetero) is 1. The van der Waals surface area contributed by atoms with Crippen molar-refractivity contribution in [1.82, 2.24) is 0 Å². The van der Waals surface area contributed by atoms with Crippen LogP contribution in [-0.2, 0) is 9.59 Å². The molecule has 0 radical (unpaired) electrons. The third-order valence-corrected chi connectivity index (χ3v) is 2.05. The van der Waals surface area contributed by atoms with E-state index in [0.717, 1.165) is 0 Å². The van der Waals surface area contributed by atoms with Gasteiger partial charge in [-0.1, -0.05) is 13.0 Å². The summed E-state index contributed by atoms with van der Waals surface area (Å²) < 4.78 is 35.6. The number of carboxylic acids is 1. The Kier molecular flexibility index (Phi) is 4.51. The maximum atomic E-state index is 11.9. The lowest BCUT2D eigenvalue weighted by Crippen LogP contribution is -2.30. The molecule has 0 unspecified atom stereocenters. The highest BCUT2D eigenvalue weighted by Gasteiger charge is 2.41. The molecule has 0 aliphatic heterocycles. The molecule has 6 heteroatoms. The van der Waals surface area contributed by atoms with Crippen molar-refractivity contribution in [3.8, 4) is 0 Å². The summed E-state index contributed by atoms with van der Waals surface area (Å²) in [6, 6.07) is 0. The molecule has 0 rings (SSSR count). The van der Waals surface area contributed by atoms with Gasteiger partial charge in [-0.15, -0.1) is 6.58 Å². The maximum absolute atomic E-state index is 11.9. The van der Waals surface area contributed by atoms with Gasteiger partial charge < -0.3 is 5.11 Å². The zero-order valence-electron chi connectivity index (χ0n) is 8.04. The molecule has 86 valence electrons. The summed E-state index contributed by atoms with van der Waals surface area (Å²) in [5, 5.41) is 8.62. The Balaban J connectivity index is 4.64. The van der Waals surface area contributed by atoms with Gasteiger partial charge >= 0.3 is 12.1 Å². The fourth-order valence-corrected chi connectivity index (χ4v) is 0.978. The van der Waals surface area contributed by atoms with E-state index in [1.807, 2.05) is 0 Å². The van der Waals surface area contributed by atoms with E-state index >= 15 is 0 Å². The predicted octanol–water partition coefficient (Wildman–Crippen LogP) is 2.03. The Hall–Kier alpha value is -1.33. The molecule has 0 saturated carbocycles. The number of hydrogen-bond donors (Lipinski definition) is 1. The molecule has 0 aromatic rings. The third-order valence-electron chi connectivity index (χ3n) is 2.05. The summed E-state index contributed by atoms with van der Waals surface area (Å²) in [6.45, 7) is 4.68. The molecule has 3 nitrogen and oxygen atoms in total. The lowest BCUT2D eigenvalue weighted by atomic mass is 9.89. The van der Waals surface area contributed by atoms with E-state index in [1.54, 1.807) is 0 Å². The van der Waals surface area contributed by atoms with Crippen molar-refractivity contribution < 1.29 is 27.9 Å². The fraction of sp³-hybridized carbons (Fsp3) is 0.556. The average molecular weight is 224 g/mol. The number of carbonyl (C=O) groups excluding carboxylic acids is 1. The summed E-state index contributed by atoms with van der Waals surface area (Å²) >= 11 is 0. The molecule has 0 saturated heterocycles. The molecule has 0 spiro atoms. The third kappa shape index (κ3) is 4.14. The van der Waals surface area contributed by atoms with Crippen LogP contribution in [0.4, 0.5) is 13.2 Å². The second kappa shape index (κ2) is 4.95. The molecule has 0 heterocycles. The summed E-state index contributed by atoms with van der Waals surface area (Å²) in [5.74, 6) is -5.52. The number of allylic oxidation sites excluding steroid dienone is 1. The van der Waals surface area contributed by atoms with Crippen LogP contribution < -0.4 is 0 Å². The van der Waals surface area contributed by atoms with Crippen LogP contribution in [0.15, 0.2) is 12.7 Å². The number of hydrogen-bond acceptors (Lipinski definition) is 2. The lowest BCUT2D eigenvalue weighted by Gasteiger charge is -2.16. The first kappa shape index (κ1) is 13.7. The Labute approximate surface area is 84.6 Å². The van der Waals surface area contributed by atoms with Crippen LogP contribution in [-0.4, -0.2) is 23.0 Å². The smallest absolute Gasteiger partial charge is 0.449 e. The predicted molar refractivity (Wildman–Crippen MR) is 46.2 cm³/mol. The molecule has 0 bridgehead atoms. The summed E-state index contributed by atoms with van der Waals surface area (Å²) in [4.78, 5) is 21.2. The SMILES string of the molecule is C=C[C@@H](C)[C@H](CC(=O)C(F)(F)F)C(=O)O. The Bertz CT molecular complexity index is 270. The van der Waals surface area contributed by atoms with E-state index in [0.29, 0.717) is 0 Å². The van der Waals surface area contributed by atoms with Crippen molar-refractivity contribution in [3.63, 3.8) is 0 Å². The fourth-order valence-electron chi connectivity index (χ4n) is 0.978. The van der Waals surface area contributed by atoms with Crippen molar-refractivity contribution >= 4 is 11.8 Å². The number of carboxylic acid groups (broad SMARTS) is 1. The minimum atomic E-state index is -4.98.